The second-order valence-corrected chi connectivity index (χ2v) is 5.01. The zero-order valence-electron chi connectivity index (χ0n) is 13.4. The van der Waals surface area contributed by atoms with Crippen molar-refractivity contribution in [2.45, 2.75) is 6.43 Å². The molecule has 0 aliphatic carbocycles. The summed E-state index contributed by atoms with van der Waals surface area (Å²) >= 11 is 0. The van der Waals surface area contributed by atoms with Crippen LogP contribution in [0.25, 0.3) is 6.08 Å². The highest BCUT2D eigenvalue weighted by Crippen LogP contribution is 2.29. The molecule has 5 nitrogen and oxygen atoms in total. The van der Waals surface area contributed by atoms with Crippen molar-refractivity contribution in [3.05, 3.63) is 65.5 Å². The van der Waals surface area contributed by atoms with Crippen LogP contribution in [0.5, 0.6) is 5.75 Å². The van der Waals surface area contributed by atoms with Crippen molar-refractivity contribution in [1.82, 2.24) is 10.3 Å². The number of carbonyl (C=O) groups excluding carboxylic acids is 2. The topological polar surface area (TPSA) is 68.3 Å². The lowest BCUT2D eigenvalue weighted by atomic mass is 10.1. The fourth-order valence-corrected chi connectivity index (χ4v) is 2.07. The van der Waals surface area contributed by atoms with Crippen molar-refractivity contribution in [1.29, 1.82) is 0 Å². The van der Waals surface area contributed by atoms with Gasteiger partial charge in [-0.05, 0) is 35.9 Å². The maximum Gasteiger partial charge on any atom is 0.267 e. The first-order chi connectivity index (χ1) is 12.0. The Morgan fingerprint density at radius 3 is 2.60 bits per heavy atom. The molecule has 0 saturated heterocycles. The quantitative estimate of drug-likeness (QED) is 0.618. The first-order valence-electron chi connectivity index (χ1n) is 7.36. The fraction of sp³-hybridized carbons (Fsp3) is 0.167. The minimum absolute atomic E-state index is 0.0829. The second kappa shape index (κ2) is 8.68. The number of rotatable bonds is 7. The van der Waals surface area contributed by atoms with Gasteiger partial charge in [0, 0.05) is 24.0 Å². The van der Waals surface area contributed by atoms with E-state index in [0.717, 1.165) is 0 Å². The van der Waals surface area contributed by atoms with E-state index in [-0.39, 0.29) is 23.6 Å². The lowest BCUT2D eigenvalue weighted by molar-refractivity contribution is -0.116. The second-order valence-electron chi connectivity index (χ2n) is 5.01. The third-order valence-electron chi connectivity index (χ3n) is 3.34. The molecule has 0 aliphatic heterocycles. The highest BCUT2D eigenvalue weighted by atomic mass is 19.3. The van der Waals surface area contributed by atoms with Gasteiger partial charge in [0.2, 0.25) is 5.91 Å². The molecular formula is C18H16F2N2O3. The first-order valence-corrected chi connectivity index (χ1v) is 7.36. The number of carbonyl (C=O) groups is 2. The van der Waals surface area contributed by atoms with Gasteiger partial charge in [-0.25, -0.2) is 8.78 Å². The van der Waals surface area contributed by atoms with Crippen molar-refractivity contribution in [2.24, 2.45) is 0 Å². The van der Waals surface area contributed by atoms with E-state index < -0.39 is 12.3 Å². The van der Waals surface area contributed by atoms with Crippen molar-refractivity contribution in [2.75, 3.05) is 13.7 Å². The lowest BCUT2D eigenvalue weighted by Crippen LogP contribution is -2.27. The predicted molar refractivity (Wildman–Crippen MR) is 88.6 cm³/mol. The van der Waals surface area contributed by atoms with Crippen LogP contribution in [0.15, 0.2) is 48.8 Å². The standard InChI is InChI=1S/C18H16F2N2O3/c1-25-16-4-2-12(10-14(16)18(19)20)3-5-17(24)22-11-15(23)13-6-8-21-9-7-13/h2-10,18H,11H2,1H3,(H,22,24)/b5-3+. The SMILES string of the molecule is COc1ccc(/C=C/C(=O)NCC(=O)c2ccncc2)cc1C(F)F. The maximum atomic E-state index is 12.9. The molecule has 0 atom stereocenters. The third-order valence-corrected chi connectivity index (χ3v) is 3.34. The number of amides is 1. The number of nitrogens with one attached hydrogen (secondary N) is 1. The lowest BCUT2D eigenvalue weighted by Gasteiger charge is -2.08. The van der Waals surface area contributed by atoms with Crippen LogP contribution in [-0.4, -0.2) is 30.3 Å². The van der Waals surface area contributed by atoms with Crippen molar-refractivity contribution >= 4 is 17.8 Å². The summed E-state index contributed by atoms with van der Waals surface area (Å²) in [6.07, 6.45) is 2.85. The zero-order valence-corrected chi connectivity index (χ0v) is 13.4. The van der Waals surface area contributed by atoms with Crippen LogP contribution >= 0.6 is 0 Å². The average molecular weight is 346 g/mol. The molecule has 1 heterocycles. The van der Waals surface area contributed by atoms with E-state index in [9.17, 15) is 18.4 Å². The smallest absolute Gasteiger partial charge is 0.267 e. The fourth-order valence-electron chi connectivity index (χ4n) is 2.07. The van der Waals surface area contributed by atoms with E-state index in [2.05, 4.69) is 10.3 Å². The molecule has 0 aliphatic rings. The van der Waals surface area contributed by atoms with Crippen LogP contribution in [0.2, 0.25) is 0 Å². The number of ketones is 1. The molecule has 2 rings (SSSR count). The van der Waals surface area contributed by atoms with Crippen LogP contribution in [-0.2, 0) is 4.79 Å². The summed E-state index contributed by atoms with van der Waals surface area (Å²) in [5.74, 6) is -0.676. The molecule has 25 heavy (non-hydrogen) atoms. The van der Waals surface area contributed by atoms with Crippen molar-refractivity contribution in [3.63, 3.8) is 0 Å². The Hall–Kier alpha value is -3.09. The van der Waals surface area contributed by atoms with E-state index in [1.54, 1.807) is 18.2 Å². The van der Waals surface area contributed by atoms with E-state index in [4.69, 9.17) is 4.74 Å². The van der Waals surface area contributed by atoms with Crippen LogP contribution < -0.4 is 10.1 Å². The summed E-state index contributed by atoms with van der Waals surface area (Å²) in [5, 5.41) is 2.44. The van der Waals surface area contributed by atoms with Gasteiger partial charge in [0.1, 0.15) is 5.75 Å². The minimum atomic E-state index is -2.69. The highest BCUT2D eigenvalue weighted by Gasteiger charge is 2.13. The van der Waals surface area contributed by atoms with Gasteiger partial charge in [0.15, 0.2) is 5.78 Å². The predicted octanol–water partition coefficient (Wildman–Crippen LogP) is 3.04. The van der Waals surface area contributed by atoms with Gasteiger partial charge in [-0.15, -0.1) is 0 Å². The molecule has 130 valence electrons. The Labute approximate surface area is 143 Å². The summed E-state index contributed by atoms with van der Waals surface area (Å²) in [4.78, 5) is 27.4. The Bertz CT molecular complexity index is 777. The van der Waals surface area contributed by atoms with Crippen LogP contribution in [0.1, 0.15) is 27.9 Å². The summed E-state index contributed by atoms with van der Waals surface area (Å²) in [7, 11) is 1.31. The van der Waals surface area contributed by atoms with Crippen LogP contribution in [0, 0.1) is 0 Å². The third kappa shape index (κ3) is 5.20. The molecule has 0 fully saturated rings. The van der Waals surface area contributed by atoms with Gasteiger partial charge in [0.25, 0.3) is 6.43 Å². The normalized spacial score (nSPS) is 10.9. The van der Waals surface area contributed by atoms with Gasteiger partial charge >= 0.3 is 0 Å². The van der Waals surface area contributed by atoms with E-state index in [0.29, 0.717) is 11.1 Å². The number of benzene rings is 1. The summed E-state index contributed by atoms with van der Waals surface area (Å²) in [6.45, 7) is -0.169. The molecule has 2 aromatic rings. The maximum absolute atomic E-state index is 12.9. The van der Waals surface area contributed by atoms with Gasteiger partial charge in [-0.1, -0.05) is 6.07 Å². The number of halogens is 2. The highest BCUT2D eigenvalue weighted by molar-refractivity contribution is 6.01. The molecule has 0 bridgehead atoms. The number of aromatic nitrogens is 1. The van der Waals surface area contributed by atoms with Gasteiger partial charge in [-0.2, -0.15) is 0 Å². The van der Waals surface area contributed by atoms with Crippen molar-refractivity contribution in [3.8, 4) is 5.75 Å². The van der Waals surface area contributed by atoms with Gasteiger partial charge in [0.05, 0.1) is 19.2 Å². The molecule has 1 N–H and O–H groups in total. The number of alkyl halides is 2. The largest absolute Gasteiger partial charge is 0.496 e. The Kier molecular flexibility index (Phi) is 6.33. The summed E-state index contributed by atoms with van der Waals surface area (Å²) < 4.78 is 30.7. The number of hydrogen-bond donors (Lipinski definition) is 1. The Morgan fingerprint density at radius 2 is 1.96 bits per heavy atom. The molecule has 1 amide bonds. The number of hydrogen-bond acceptors (Lipinski definition) is 4. The monoisotopic (exact) mass is 346 g/mol. The molecule has 1 aromatic heterocycles. The van der Waals surface area contributed by atoms with E-state index in [1.807, 2.05) is 0 Å². The van der Waals surface area contributed by atoms with E-state index in [1.165, 1.54) is 43.8 Å². The average Bonchev–Trinajstić information content (AvgIpc) is 2.64. The number of methoxy groups -OCH3 is 1. The molecule has 1 aromatic carbocycles. The first kappa shape index (κ1) is 18.3. The van der Waals surface area contributed by atoms with E-state index >= 15 is 0 Å². The molecule has 0 spiro atoms. The molecule has 0 unspecified atom stereocenters. The molecule has 7 heteroatoms. The number of ether oxygens (including phenoxy) is 1. The van der Waals surface area contributed by atoms with Gasteiger partial charge in [-0.3, -0.25) is 14.6 Å². The molecule has 0 radical (unpaired) electrons. The van der Waals surface area contributed by atoms with Crippen LogP contribution in [0.4, 0.5) is 8.78 Å². The zero-order chi connectivity index (χ0) is 18.2. The number of Topliss-reactive ketones (excluding diaryl/α,β-unsaturated/α-hetero) is 1. The molecule has 0 saturated carbocycles. The molecular weight excluding hydrogens is 330 g/mol. The van der Waals surface area contributed by atoms with Crippen LogP contribution in [0.3, 0.4) is 0 Å². The Balaban J connectivity index is 1.96. The van der Waals surface area contributed by atoms with Crippen molar-refractivity contribution < 1.29 is 23.1 Å². The summed E-state index contributed by atoms with van der Waals surface area (Å²) in [5.41, 5.74) is 0.612. The number of pyridine rings is 1. The Morgan fingerprint density at radius 1 is 1.24 bits per heavy atom. The number of nitrogens with zero attached hydrogens (tertiary/aromatic N) is 1. The summed E-state index contributed by atoms with van der Waals surface area (Å²) in [6, 6.07) is 7.30. The minimum Gasteiger partial charge on any atom is -0.496 e. The van der Waals surface area contributed by atoms with Gasteiger partial charge < -0.3 is 10.1 Å².